The average Bonchev–Trinajstić information content (AvgIpc) is 2.99. The Hall–Kier alpha value is -1.26. The molecule has 2 aliphatic rings. The molecule has 1 heterocycles. The summed E-state index contributed by atoms with van der Waals surface area (Å²) in [5.74, 6) is 0. The highest BCUT2D eigenvalue weighted by Gasteiger charge is 2.28. The van der Waals surface area contributed by atoms with Crippen molar-refractivity contribution in [1.82, 2.24) is 10.2 Å². The summed E-state index contributed by atoms with van der Waals surface area (Å²) in [5.41, 5.74) is 1.02. The normalized spacial score (nSPS) is 22.1. The van der Waals surface area contributed by atoms with E-state index in [9.17, 15) is 4.79 Å². The third-order valence-electron chi connectivity index (χ3n) is 5.10. The second kappa shape index (κ2) is 8.72. The zero-order chi connectivity index (χ0) is 16.8. The maximum absolute atomic E-state index is 13.0. The predicted molar refractivity (Wildman–Crippen MR) is 96.2 cm³/mol. The van der Waals surface area contributed by atoms with Crippen molar-refractivity contribution in [2.75, 3.05) is 13.2 Å². The van der Waals surface area contributed by atoms with Crippen LogP contribution in [0.4, 0.5) is 4.79 Å². The van der Waals surface area contributed by atoms with Crippen molar-refractivity contribution in [3.05, 3.63) is 34.9 Å². The number of carbonyl (C=O) groups is 1. The van der Waals surface area contributed by atoms with Crippen LogP contribution in [0.3, 0.4) is 0 Å². The zero-order valence-corrected chi connectivity index (χ0v) is 14.9. The topological polar surface area (TPSA) is 41.6 Å². The van der Waals surface area contributed by atoms with E-state index in [1.54, 1.807) is 0 Å². The summed E-state index contributed by atoms with van der Waals surface area (Å²) in [6.45, 7) is 2.12. The van der Waals surface area contributed by atoms with Crippen LogP contribution in [-0.4, -0.2) is 36.2 Å². The molecule has 1 aromatic rings. The second-order valence-electron chi connectivity index (χ2n) is 6.85. The molecule has 1 saturated carbocycles. The predicted octanol–water partition coefficient (Wildman–Crippen LogP) is 4.36. The van der Waals surface area contributed by atoms with Gasteiger partial charge in [0, 0.05) is 36.9 Å². The first-order valence-electron chi connectivity index (χ1n) is 9.12. The van der Waals surface area contributed by atoms with Crippen LogP contribution in [0.1, 0.15) is 50.5 Å². The lowest BCUT2D eigenvalue weighted by molar-refractivity contribution is 0.141. The van der Waals surface area contributed by atoms with Crippen LogP contribution >= 0.6 is 11.6 Å². The number of hydrogen-bond acceptors (Lipinski definition) is 2. The number of nitrogens with one attached hydrogen (secondary N) is 1. The van der Waals surface area contributed by atoms with Crippen molar-refractivity contribution >= 4 is 17.6 Å². The SMILES string of the molecule is O=C(NC1CCCOCC1)N(Cc1ccccc1Cl)C1CCCC1. The van der Waals surface area contributed by atoms with Crippen LogP contribution in [0.5, 0.6) is 0 Å². The van der Waals surface area contributed by atoms with Crippen LogP contribution in [0, 0.1) is 0 Å². The molecule has 1 aliphatic carbocycles. The van der Waals surface area contributed by atoms with Crippen LogP contribution in [0.2, 0.25) is 5.02 Å². The van der Waals surface area contributed by atoms with E-state index in [2.05, 4.69) is 5.32 Å². The second-order valence-corrected chi connectivity index (χ2v) is 7.25. The highest BCUT2D eigenvalue weighted by Crippen LogP contribution is 2.27. The fourth-order valence-corrected chi connectivity index (χ4v) is 3.89. The molecule has 0 spiro atoms. The monoisotopic (exact) mass is 350 g/mol. The zero-order valence-electron chi connectivity index (χ0n) is 14.2. The van der Waals surface area contributed by atoms with E-state index in [0.29, 0.717) is 12.6 Å². The van der Waals surface area contributed by atoms with Gasteiger partial charge in [0.1, 0.15) is 0 Å². The average molecular weight is 351 g/mol. The lowest BCUT2D eigenvalue weighted by Gasteiger charge is -2.31. The molecule has 3 rings (SSSR count). The summed E-state index contributed by atoms with van der Waals surface area (Å²) >= 11 is 6.32. The minimum atomic E-state index is 0.0497. The molecule has 1 saturated heterocycles. The van der Waals surface area contributed by atoms with Gasteiger partial charge in [0.25, 0.3) is 0 Å². The van der Waals surface area contributed by atoms with Crippen molar-refractivity contribution in [2.45, 2.75) is 63.6 Å². The molecule has 2 amide bonds. The fourth-order valence-electron chi connectivity index (χ4n) is 3.70. The quantitative estimate of drug-likeness (QED) is 0.876. The Kier molecular flexibility index (Phi) is 6.38. The number of amides is 2. The fraction of sp³-hybridized carbons (Fsp3) is 0.632. The van der Waals surface area contributed by atoms with Gasteiger partial charge in [-0.1, -0.05) is 42.6 Å². The molecular formula is C19H27ClN2O2. The van der Waals surface area contributed by atoms with Crippen molar-refractivity contribution in [3.63, 3.8) is 0 Å². The number of benzene rings is 1. The van der Waals surface area contributed by atoms with Crippen LogP contribution in [0.25, 0.3) is 0 Å². The summed E-state index contributed by atoms with van der Waals surface area (Å²) in [4.78, 5) is 15.0. The van der Waals surface area contributed by atoms with E-state index in [1.165, 1.54) is 12.8 Å². The summed E-state index contributed by atoms with van der Waals surface area (Å²) in [5, 5.41) is 3.97. The van der Waals surface area contributed by atoms with Gasteiger partial charge in [0.2, 0.25) is 0 Å². The Morgan fingerprint density at radius 1 is 1.12 bits per heavy atom. The molecule has 1 N–H and O–H groups in total. The van der Waals surface area contributed by atoms with Gasteiger partial charge in [-0.2, -0.15) is 0 Å². The van der Waals surface area contributed by atoms with Gasteiger partial charge in [-0.05, 0) is 43.7 Å². The lowest BCUT2D eigenvalue weighted by Crippen LogP contribution is -2.48. The summed E-state index contributed by atoms with van der Waals surface area (Å²) < 4.78 is 5.50. The Morgan fingerprint density at radius 2 is 1.92 bits per heavy atom. The largest absolute Gasteiger partial charge is 0.381 e. The summed E-state index contributed by atoms with van der Waals surface area (Å²) in [6, 6.07) is 8.40. The third kappa shape index (κ3) is 4.64. The minimum absolute atomic E-state index is 0.0497. The summed E-state index contributed by atoms with van der Waals surface area (Å²) in [6.07, 6.45) is 7.49. The van der Waals surface area contributed by atoms with E-state index in [0.717, 1.165) is 55.9 Å². The first-order chi connectivity index (χ1) is 11.7. The molecule has 1 aliphatic heterocycles. The molecule has 0 radical (unpaired) electrons. The standard InChI is InChI=1S/C19H27ClN2O2/c20-18-10-4-1-6-15(18)14-22(17-8-2-3-9-17)19(23)21-16-7-5-12-24-13-11-16/h1,4,6,10,16-17H,2-3,5,7-9,11-14H2,(H,21,23). The van der Waals surface area contributed by atoms with Crippen LogP contribution in [-0.2, 0) is 11.3 Å². The molecule has 1 aromatic carbocycles. The van der Waals surface area contributed by atoms with Gasteiger partial charge >= 0.3 is 6.03 Å². The molecule has 5 heteroatoms. The van der Waals surface area contributed by atoms with E-state index in [4.69, 9.17) is 16.3 Å². The smallest absolute Gasteiger partial charge is 0.318 e. The summed E-state index contributed by atoms with van der Waals surface area (Å²) in [7, 11) is 0. The van der Waals surface area contributed by atoms with Gasteiger partial charge in [0.15, 0.2) is 0 Å². The van der Waals surface area contributed by atoms with Crippen molar-refractivity contribution in [2.24, 2.45) is 0 Å². The minimum Gasteiger partial charge on any atom is -0.381 e. The Morgan fingerprint density at radius 3 is 2.71 bits per heavy atom. The van der Waals surface area contributed by atoms with E-state index in [-0.39, 0.29) is 12.1 Å². The number of nitrogens with zero attached hydrogens (tertiary/aromatic N) is 1. The van der Waals surface area contributed by atoms with Gasteiger partial charge in [0.05, 0.1) is 0 Å². The number of rotatable bonds is 4. The van der Waals surface area contributed by atoms with Crippen LogP contribution < -0.4 is 5.32 Å². The Bertz CT molecular complexity index is 538. The number of carbonyl (C=O) groups excluding carboxylic acids is 1. The number of ether oxygens (including phenoxy) is 1. The van der Waals surface area contributed by atoms with Crippen molar-refractivity contribution in [3.8, 4) is 0 Å². The number of urea groups is 1. The van der Waals surface area contributed by atoms with Gasteiger partial charge < -0.3 is 15.0 Å². The van der Waals surface area contributed by atoms with Crippen molar-refractivity contribution in [1.29, 1.82) is 0 Å². The van der Waals surface area contributed by atoms with Gasteiger partial charge in [-0.3, -0.25) is 0 Å². The van der Waals surface area contributed by atoms with Crippen LogP contribution in [0.15, 0.2) is 24.3 Å². The van der Waals surface area contributed by atoms with Gasteiger partial charge in [-0.25, -0.2) is 4.79 Å². The molecule has 1 atom stereocenters. The van der Waals surface area contributed by atoms with E-state index < -0.39 is 0 Å². The van der Waals surface area contributed by atoms with Crippen molar-refractivity contribution < 1.29 is 9.53 Å². The maximum Gasteiger partial charge on any atom is 0.318 e. The van der Waals surface area contributed by atoms with Gasteiger partial charge in [-0.15, -0.1) is 0 Å². The first kappa shape index (κ1) is 17.6. The Balaban J connectivity index is 1.69. The maximum atomic E-state index is 13.0. The highest BCUT2D eigenvalue weighted by molar-refractivity contribution is 6.31. The molecule has 24 heavy (non-hydrogen) atoms. The van der Waals surface area contributed by atoms with E-state index in [1.807, 2.05) is 29.2 Å². The Labute approximate surface area is 149 Å². The number of halogens is 1. The molecule has 0 bridgehead atoms. The molecular weight excluding hydrogens is 324 g/mol. The number of hydrogen-bond donors (Lipinski definition) is 1. The molecule has 2 fully saturated rings. The molecule has 1 unspecified atom stereocenters. The highest BCUT2D eigenvalue weighted by atomic mass is 35.5. The molecule has 4 nitrogen and oxygen atoms in total. The van der Waals surface area contributed by atoms with E-state index >= 15 is 0 Å². The molecule has 0 aromatic heterocycles. The first-order valence-corrected chi connectivity index (χ1v) is 9.50. The lowest BCUT2D eigenvalue weighted by atomic mass is 10.1. The molecule has 132 valence electrons. The third-order valence-corrected chi connectivity index (χ3v) is 5.47.